The summed E-state index contributed by atoms with van der Waals surface area (Å²) in [6, 6.07) is 13.0. The fourth-order valence-corrected chi connectivity index (χ4v) is 2.17. The van der Waals surface area contributed by atoms with Gasteiger partial charge in [0.05, 0.1) is 5.54 Å². The highest BCUT2D eigenvalue weighted by atomic mass is 35.5. The van der Waals surface area contributed by atoms with Gasteiger partial charge in [-0.3, -0.25) is 15.0 Å². The molecule has 5 nitrogen and oxygen atoms in total. The molecule has 0 aliphatic carbocycles. The highest BCUT2D eigenvalue weighted by Gasteiger charge is 2.29. The number of nitrogens with zero attached hydrogens (tertiary/aromatic N) is 1. The summed E-state index contributed by atoms with van der Waals surface area (Å²) in [6.07, 6.45) is 0. The molecule has 126 valence electrons. The van der Waals surface area contributed by atoms with Crippen LogP contribution in [0.2, 0.25) is 5.02 Å². The maximum absolute atomic E-state index is 12.8. The van der Waals surface area contributed by atoms with Gasteiger partial charge in [0, 0.05) is 21.8 Å². The molecule has 6 heteroatoms. The predicted octanol–water partition coefficient (Wildman–Crippen LogP) is 3.51. The molecule has 0 heterocycles. The number of carbonyl (C=O) groups is 2. The average Bonchev–Trinajstić information content (AvgIpc) is 2.52. The fourth-order valence-electron chi connectivity index (χ4n) is 2.05. The lowest BCUT2D eigenvalue weighted by Gasteiger charge is -2.35. The van der Waals surface area contributed by atoms with Gasteiger partial charge in [-0.15, -0.1) is 0 Å². The molecule has 2 aromatic rings. The van der Waals surface area contributed by atoms with Crippen LogP contribution in [0.5, 0.6) is 0 Å². The van der Waals surface area contributed by atoms with Crippen LogP contribution in [-0.4, -0.2) is 22.4 Å². The summed E-state index contributed by atoms with van der Waals surface area (Å²) >= 11 is 5.86. The summed E-state index contributed by atoms with van der Waals surface area (Å²) < 4.78 is 0. The Bertz CT molecular complexity index is 734. The van der Waals surface area contributed by atoms with Crippen molar-refractivity contribution in [3.8, 4) is 0 Å². The molecule has 0 atom stereocenters. The monoisotopic (exact) mass is 345 g/mol. The van der Waals surface area contributed by atoms with Crippen LogP contribution < -0.4 is 11.2 Å². The number of benzene rings is 2. The number of carbonyl (C=O) groups excluding carboxylic acids is 2. The van der Waals surface area contributed by atoms with Crippen LogP contribution in [0.25, 0.3) is 0 Å². The van der Waals surface area contributed by atoms with E-state index in [-0.39, 0.29) is 11.8 Å². The smallest absolute Gasteiger partial charge is 0.272 e. The summed E-state index contributed by atoms with van der Waals surface area (Å²) in [5, 5.41) is 1.86. The van der Waals surface area contributed by atoms with Crippen molar-refractivity contribution in [2.75, 3.05) is 5.73 Å². The number of halogens is 1. The van der Waals surface area contributed by atoms with E-state index < -0.39 is 5.54 Å². The van der Waals surface area contributed by atoms with Gasteiger partial charge in [0.2, 0.25) is 0 Å². The van der Waals surface area contributed by atoms with Crippen LogP contribution in [0.3, 0.4) is 0 Å². The van der Waals surface area contributed by atoms with E-state index in [1.165, 1.54) is 5.01 Å². The molecule has 0 saturated heterocycles. The van der Waals surface area contributed by atoms with Gasteiger partial charge in [0.15, 0.2) is 0 Å². The van der Waals surface area contributed by atoms with E-state index in [0.29, 0.717) is 21.8 Å². The van der Waals surface area contributed by atoms with Crippen LogP contribution in [0.1, 0.15) is 41.5 Å². The molecule has 0 aromatic heterocycles. The number of hydrazine groups is 1. The number of hydrogen-bond donors (Lipinski definition) is 2. The minimum absolute atomic E-state index is 0.317. The SMILES string of the molecule is CC(C)(C)N(NC(=O)c1ccc(N)cc1)C(=O)c1ccc(Cl)cc1. The Kier molecular flexibility index (Phi) is 5.14. The summed E-state index contributed by atoms with van der Waals surface area (Å²) in [7, 11) is 0. The van der Waals surface area contributed by atoms with Crippen molar-refractivity contribution in [1.29, 1.82) is 0 Å². The molecular weight excluding hydrogens is 326 g/mol. The highest BCUT2D eigenvalue weighted by molar-refractivity contribution is 6.30. The molecule has 0 aliphatic rings. The van der Waals surface area contributed by atoms with E-state index in [9.17, 15) is 9.59 Å². The van der Waals surface area contributed by atoms with Crippen molar-refractivity contribution >= 4 is 29.1 Å². The first-order chi connectivity index (χ1) is 11.2. The van der Waals surface area contributed by atoms with Crippen molar-refractivity contribution in [2.24, 2.45) is 0 Å². The van der Waals surface area contributed by atoms with Crippen molar-refractivity contribution in [3.63, 3.8) is 0 Å². The van der Waals surface area contributed by atoms with Gasteiger partial charge in [-0.2, -0.15) is 0 Å². The predicted molar refractivity (Wildman–Crippen MR) is 95.7 cm³/mol. The first-order valence-electron chi connectivity index (χ1n) is 7.45. The van der Waals surface area contributed by atoms with Crippen molar-refractivity contribution in [2.45, 2.75) is 26.3 Å². The third kappa shape index (κ3) is 4.26. The van der Waals surface area contributed by atoms with E-state index in [1.54, 1.807) is 48.5 Å². The third-order valence-corrected chi connectivity index (χ3v) is 3.60. The van der Waals surface area contributed by atoms with Gasteiger partial charge >= 0.3 is 0 Å². The zero-order chi connectivity index (χ0) is 17.9. The molecule has 0 unspecified atom stereocenters. The normalized spacial score (nSPS) is 11.0. The lowest BCUT2D eigenvalue weighted by atomic mass is 10.1. The van der Waals surface area contributed by atoms with E-state index >= 15 is 0 Å². The largest absolute Gasteiger partial charge is 0.399 e. The maximum atomic E-state index is 12.8. The molecular formula is C18H20ClN3O2. The van der Waals surface area contributed by atoms with Crippen LogP contribution in [0.15, 0.2) is 48.5 Å². The Morgan fingerprint density at radius 3 is 1.96 bits per heavy atom. The molecule has 24 heavy (non-hydrogen) atoms. The van der Waals surface area contributed by atoms with Crippen LogP contribution in [0, 0.1) is 0 Å². The van der Waals surface area contributed by atoms with Crippen molar-refractivity contribution in [1.82, 2.24) is 10.4 Å². The fraction of sp³-hybridized carbons (Fsp3) is 0.222. The number of nitrogens with one attached hydrogen (secondary N) is 1. The lowest BCUT2D eigenvalue weighted by Crippen LogP contribution is -2.55. The molecule has 3 N–H and O–H groups in total. The number of nitrogen functional groups attached to an aromatic ring is 1. The highest BCUT2D eigenvalue weighted by Crippen LogP contribution is 2.17. The second-order valence-corrected chi connectivity index (χ2v) is 6.82. The molecule has 0 bridgehead atoms. The number of nitrogens with two attached hydrogens (primary N) is 1. The summed E-state index contributed by atoms with van der Waals surface area (Å²) in [5.74, 6) is -0.699. The van der Waals surface area contributed by atoms with Crippen LogP contribution in [0.4, 0.5) is 5.69 Å². The molecule has 2 aromatic carbocycles. The lowest BCUT2D eigenvalue weighted by molar-refractivity contribution is 0.0358. The Balaban J connectivity index is 2.25. The van der Waals surface area contributed by atoms with Gasteiger partial charge < -0.3 is 5.73 Å². The molecule has 2 amide bonds. The number of rotatable bonds is 2. The quantitative estimate of drug-likeness (QED) is 0.646. The molecule has 2 rings (SSSR count). The number of hydrogen-bond acceptors (Lipinski definition) is 3. The summed E-state index contributed by atoms with van der Waals surface area (Å²) in [4.78, 5) is 25.2. The molecule has 0 fully saturated rings. The third-order valence-electron chi connectivity index (χ3n) is 3.35. The molecule has 0 radical (unpaired) electrons. The maximum Gasteiger partial charge on any atom is 0.272 e. The average molecular weight is 346 g/mol. The second kappa shape index (κ2) is 6.93. The van der Waals surface area contributed by atoms with Gasteiger partial charge in [0.25, 0.3) is 11.8 Å². The molecule has 0 spiro atoms. The molecule has 0 saturated carbocycles. The van der Waals surface area contributed by atoms with Crippen LogP contribution in [-0.2, 0) is 0 Å². The Morgan fingerprint density at radius 1 is 0.958 bits per heavy atom. The Hall–Kier alpha value is -2.53. The molecule has 0 aliphatic heterocycles. The minimum atomic E-state index is -0.611. The van der Waals surface area contributed by atoms with E-state index in [0.717, 1.165) is 0 Å². The van der Waals surface area contributed by atoms with E-state index in [4.69, 9.17) is 17.3 Å². The standard InChI is InChI=1S/C18H20ClN3O2/c1-18(2,3)22(17(24)13-4-8-14(19)9-5-13)21-16(23)12-6-10-15(20)11-7-12/h4-11H,20H2,1-3H3,(H,21,23). The van der Waals surface area contributed by atoms with Gasteiger partial charge in [-0.1, -0.05) is 11.6 Å². The summed E-state index contributed by atoms with van der Waals surface area (Å²) in [6.45, 7) is 5.51. The van der Waals surface area contributed by atoms with Crippen molar-refractivity contribution < 1.29 is 9.59 Å². The van der Waals surface area contributed by atoms with Crippen molar-refractivity contribution in [3.05, 3.63) is 64.7 Å². The first kappa shape index (κ1) is 17.8. The topological polar surface area (TPSA) is 75.4 Å². The zero-order valence-corrected chi connectivity index (χ0v) is 14.6. The Morgan fingerprint density at radius 2 is 1.46 bits per heavy atom. The van der Waals surface area contributed by atoms with Crippen LogP contribution >= 0.6 is 11.6 Å². The second-order valence-electron chi connectivity index (χ2n) is 6.38. The van der Waals surface area contributed by atoms with E-state index in [2.05, 4.69) is 5.43 Å². The van der Waals surface area contributed by atoms with E-state index in [1.807, 2.05) is 20.8 Å². The minimum Gasteiger partial charge on any atom is -0.399 e. The van der Waals surface area contributed by atoms with Gasteiger partial charge in [-0.25, -0.2) is 5.01 Å². The zero-order valence-electron chi connectivity index (χ0n) is 13.8. The van der Waals surface area contributed by atoms with Gasteiger partial charge in [0.1, 0.15) is 0 Å². The Labute approximate surface area is 146 Å². The van der Waals surface area contributed by atoms with Gasteiger partial charge in [-0.05, 0) is 69.3 Å². The number of anilines is 1. The summed E-state index contributed by atoms with van der Waals surface area (Å²) in [5.41, 5.74) is 9.11. The number of amides is 2. The first-order valence-corrected chi connectivity index (χ1v) is 7.83.